The number of unbranched alkanes of at least 4 members (excludes halogenated alkanes) is 1. The molecule has 5 nitrogen and oxygen atoms in total. The topological polar surface area (TPSA) is 58.6 Å². The van der Waals surface area contributed by atoms with E-state index in [1.165, 1.54) is 7.11 Å². The summed E-state index contributed by atoms with van der Waals surface area (Å²) >= 11 is 0. The van der Waals surface area contributed by atoms with Crippen molar-refractivity contribution >= 4 is 11.9 Å². The van der Waals surface area contributed by atoms with Gasteiger partial charge in [-0.1, -0.05) is 19.8 Å². The predicted octanol–water partition coefficient (Wildman–Crippen LogP) is 0.539. The van der Waals surface area contributed by atoms with Crippen molar-refractivity contribution in [2.75, 3.05) is 20.7 Å². The Hall–Kier alpha value is -1.10. The zero-order valence-electron chi connectivity index (χ0n) is 10.9. The molecule has 1 fully saturated rings. The van der Waals surface area contributed by atoms with E-state index in [0.29, 0.717) is 0 Å². The third kappa shape index (κ3) is 3.70. The molecular formula is C12H22N2O3. The van der Waals surface area contributed by atoms with Crippen LogP contribution in [-0.4, -0.2) is 49.6 Å². The maximum Gasteiger partial charge on any atom is 0.322 e. The number of esters is 1. The van der Waals surface area contributed by atoms with Crippen LogP contribution in [0.2, 0.25) is 0 Å². The van der Waals surface area contributed by atoms with Crippen LogP contribution in [0.5, 0.6) is 0 Å². The molecule has 0 bridgehead atoms. The summed E-state index contributed by atoms with van der Waals surface area (Å²) in [7, 11) is 3.16. The lowest BCUT2D eigenvalue weighted by molar-refractivity contribution is -0.143. The highest BCUT2D eigenvalue weighted by Gasteiger charge is 2.32. The highest BCUT2D eigenvalue weighted by molar-refractivity contribution is 5.85. The average molecular weight is 242 g/mol. The van der Waals surface area contributed by atoms with Gasteiger partial charge in [-0.15, -0.1) is 0 Å². The van der Waals surface area contributed by atoms with Crippen LogP contribution in [0.15, 0.2) is 0 Å². The van der Waals surface area contributed by atoms with Gasteiger partial charge in [-0.2, -0.15) is 0 Å². The molecule has 17 heavy (non-hydrogen) atoms. The van der Waals surface area contributed by atoms with Gasteiger partial charge in [-0.25, -0.2) is 0 Å². The Morgan fingerprint density at radius 1 is 1.65 bits per heavy atom. The van der Waals surface area contributed by atoms with Crippen molar-refractivity contribution in [3.05, 3.63) is 0 Å². The SMILES string of the molecule is CCCCC(NC1CCN(C)C1=O)C(=O)OC. The lowest BCUT2D eigenvalue weighted by Gasteiger charge is -2.20. The molecule has 1 heterocycles. The first-order valence-corrected chi connectivity index (χ1v) is 6.19. The van der Waals surface area contributed by atoms with E-state index in [0.717, 1.165) is 32.2 Å². The molecule has 1 rings (SSSR count). The van der Waals surface area contributed by atoms with Gasteiger partial charge in [0.25, 0.3) is 0 Å². The molecule has 0 saturated carbocycles. The largest absolute Gasteiger partial charge is 0.468 e. The lowest BCUT2D eigenvalue weighted by atomic mass is 10.1. The van der Waals surface area contributed by atoms with Crippen LogP contribution in [0.3, 0.4) is 0 Å². The Bertz CT molecular complexity index is 281. The molecule has 1 amide bonds. The highest BCUT2D eigenvalue weighted by atomic mass is 16.5. The van der Waals surface area contributed by atoms with Gasteiger partial charge in [0.05, 0.1) is 13.2 Å². The van der Waals surface area contributed by atoms with Crippen LogP contribution in [0.1, 0.15) is 32.6 Å². The Labute approximate surface area is 102 Å². The fourth-order valence-electron chi connectivity index (χ4n) is 2.04. The third-order valence-electron chi connectivity index (χ3n) is 3.16. The highest BCUT2D eigenvalue weighted by Crippen LogP contribution is 2.12. The first-order chi connectivity index (χ1) is 8.10. The second-order valence-corrected chi connectivity index (χ2v) is 4.49. The van der Waals surface area contributed by atoms with Gasteiger partial charge in [-0.05, 0) is 12.8 Å². The first kappa shape index (κ1) is 14.0. The van der Waals surface area contributed by atoms with E-state index in [4.69, 9.17) is 4.74 Å². The van der Waals surface area contributed by atoms with Crippen molar-refractivity contribution in [3.8, 4) is 0 Å². The Kier molecular flexibility index (Phi) is 5.41. The maximum absolute atomic E-state index is 11.7. The van der Waals surface area contributed by atoms with Gasteiger partial charge < -0.3 is 9.64 Å². The van der Waals surface area contributed by atoms with Crippen molar-refractivity contribution in [3.63, 3.8) is 0 Å². The number of rotatable bonds is 6. The molecule has 2 unspecified atom stereocenters. The molecule has 0 aromatic carbocycles. The summed E-state index contributed by atoms with van der Waals surface area (Å²) in [5, 5.41) is 3.12. The molecule has 1 aliphatic rings. The molecule has 5 heteroatoms. The second kappa shape index (κ2) is 6.59. The number of ether oxygens (including phenoxy) is 1. The molecule has 0 aromatic heterocycles. The summed E-state index contributed by atoms with van der Waals surface area (Å²) in [6, 6.07) is -0.596. The van der Waals surface area contributed by atoms with Crippen LogP contribution < -0.4 is 5.32 Å². The van der Waals surface area contributed by atoms with Crippen LogP contribution in [0.25, 0.3) is 0 Å². The van der Waals surface area contributed by atoms with E-state index in [1.54, 1.807) is 11.9 Å². The summed E-state index contributed by atoms with van der Waals surface area (Å²) in [4.78, 5) is 25.0. The maximum atomic E-state index is 11.7. The van der Waals surface area contributed by atoms with Crippen molar-refractivity contribution in [2.45, 2.75) is 44.7 Å². The van der Waals surface area contributed by atoms with E-state index in [-0.39, 0.29) is 24.0 Å². The zero-order chi connectivity index (χ0) is 12.8. The normalized spacial score (nSPS) is 21.7. The number of likely N-dealkylation sites (N-methyl/N-ethyl adjacent to an activating group) is 1. The molecule has 1 saturated heterocycles. The molecule has 2 atom stereocenters. The molecule has 0 aromatic rings. The number of methoxy groups -OCH3 is 1. The minimum Gasteiger partial charge on any atom is -0.468 e. The summed E-state index contributed by atoms with van der Waals surface area (Å²) in [5.74, 6) is -0.212. The number of nitrogens with zero attached hydrogens (tertiary/aromatic N) is 1. The Balaban J connectivity index is 2.53. The van der Waals surface area contributed by atoms with Crippen LogP contribution in [0.4, 0.5) is 0 Å². The number of carbonyl (C=O) groups is 2. The van der Waals surface area contributed by atoms with Gasteiger partial charge in [-0.3, -0.25) is 14.9 Å². The second-order valence-electron chi connectivity index (χ2n) is 4.49. The number of carbonyl (C=O) groups excluding carboxylic acids is 2. The van der Waals surface area contributed by atoms with Crippen LogP contribution >= 0.6 is 0 Å². The van der Waals surface area contributed by atoms with Crippen molar-refractivity contribution < 1.29 is 14.3 Å². The van der Waals surface area contributed by atoms with Crippen molar-refractivity contribution in [1.82, 2.24) is 10.2 Å². The molecule has 0 aliphatic carbocycles. The number of nitrogens with one attached hydrogen (secondary N) is 1. The van der Waals surface area contributed by atoms with Crippen LogP contribution in [0, 0.1) is 0 Å². The zero-order valence-corrected chi connectivity index (χ0v) is 10.9. The number of amides is 1. The van der Waals surface area contributed by atoms with Gasteiger partial charge in [0.2, 0.25) is 5.91 Å². The van der Waals surface area contributed by atoms with Crippen molar-refractivity contribution in [2.24, 2.45) is 0 Å². The summed E-state index contributed by atoms with van der Waals surface area (Å²) in [6.07, 6.45) is 3.45. The lowest BCUT2D eigenvalue weighted by Crippen LogP contribution is -2.47. The van der Waals surface area contributed by atoms with E-state index in [9.17, 15) is 9.59 Å². The van der Waals surface area contributed by atoms with Gasteiger partial charge in [0.15, 0.2) is 0 Å². The molecule has 98 valence electrons. The standard InChI is InChI=1S/C12H22N2O3/c1-4-5-6-10(12(16)17-3)13-9-7-8-14(2)11(9)15/h9-10,13H,4-8H2,1-3H3. The summed E-state index contributed by atoms with van der Waals surface area (Å²) < 4.78 is 4.76. The fraction of sp³-hybridized carbons (Fsp3) is 0.833. The monoisotopic (exact) mass is 242 g/mol. The molecule has 0 radical (unpaired) electrons. The fourth-order valence-corrected chi connectivity index (χ4v) is 2.04. The van der Waals surface area contributed by atoms with Gasteiger partial charge in [0, 0.05) is 13.6 Å². The molecule has 1 N–H and O–H groups in total. The van der Waals surface area contributed by atoms with E-state index in [1.807, 2.05) is 0 Å². The summed E-state index contributed by atoms with van der Waals surface area (Å²) in [5.41, 5.74) is 0. The third-order valence-corrected chi connectivity index (χ3v) is 3.16. The van der Waals surface area contributed by atoms with Gasteiger partial charge in [0.1, 0.15) is 6.04 Å². The Morgan fingerprint density at radius 3 is 2.82 bits per heavy atom. The van der Waals surface area contributed by atoms with E-state index < -0.39 is 0 Å². The number of hydrogen-bond acceptors (Lipinski definition) is 4. The van der Waals surface area contributed by atoms with Gasteiger partial charge >= 0.3 is 5.97 Å². The quantitative estimate of drug-likeness (QED) is 0.691. The molecule has 0 spiro atoms. The molecular weight excluding hydrogens is 220 g/mol. The minimum atomic E-state index is -0.361. The molecule has 1 aliphatic heterocycles. The first-order valence-electron chi connectivity index (χ1n) is 6.19. The minimum absolute atomic E-state index is 0.0652. The smallest absolute Gasteiger partial charge is 0.322 e. The Morgan fingerprint density at radius 2 is 2.35 bits per heavy atom. The number of hydrogen-bond donors (Lipinski definition) is 1. The average Bonchev–Trinajstić information content (AvgIpc) is 2.65. The summed E-state index contributed by atoms with van der Waals surface area (Å²) in [6.45, 7) is 2.82. The van der Waals surface area contributed by atoms with Crippen molar-refractivity contribution in [1.29, 1.82) is 0 Å². The van der Waals surface area contributed by atoms with E-state index >= 15 is 0 Å². The van der Waals surface area contributed by atoms with E-state index in [2.05, 4.69) is 12.2 Å². The number of likely N-dealkylation sites (tertiary alicyclic amines) is 1. The predicted molar refractivity (Wildman–Crippen MR) is 64.5 cm³/mol. The van der Waals surface area contributed by atoms with Crippen LogP contribution in [-0.2, 0) is 14.3 Å².